The largest absolute Gasteiger partial charge is 0.480 e. The molecule has 0 spiro atoms. The Bertz CT molecular complexity index is 760. The number of amides is 1. The van der Waals surface area contributed by atoms with E-state index < -0.39 is 17.9 Å². The third kappa shape index (κ3) is 3.56. The quantitative estimate of drug-likeness (QED) is 0.864. The van der Waals surface area contributed by atoms with E-state index in [1.807, 2.05) is 13.0 Å². The summed E-state index contributed by atoms with van der Waals surface area (Å²) in [5, 5.41) is 13.8. The van der Waals surface area contributed by atoms with Gasteiger partial charge in [-0.25, -0.2) is 14.5 Å². The number of hydrogen-bond acceptors (Lipinski definition) is 4. The zero-order valence-corrected chi connectivity index (χ0v) is 14.5. The van der Waals surface area contributed by atoms with Gasteiger partial charge in [0.2, 0.25) is 5.82 Å². The number of aryl methyl sites for hydroxylation is 1. The van der Waals surface area contributed by atoms with Crippen molar-refractivity contribution in [3.8, 4) is 5.69 Å². The van der Waals surface area contributed by atoms with Crippen LogP contribution < -0.4 is 0 Å². The van der Waals surface area contributed by atoms with Crippen LogP contribution in [0.5, 0.6) is 0 Å². The smallest absolute Gasteiger partial charge is 0.326 e. The standard InChI is InChI=1S/C16H19ClN4O3/c1-4-7-13-18-14(15(22)20(3)10(2)16(23)24)19-21(13)12-9-6-5-8-11(12)17/h5-6,8-10H,4,7H2,1-3H3,(H,23,24). The van der Waals surface area contributed by atoms with Gasteiger partial charge in [-0.15, -0.1) is 5.10 Å². The molecule has 0 radical (unpaired) electrons. The van der Waals surface area contributed by atoms with Crippen LogP contribution in [-0.2, 0) is 11.2 Å². The maximum atomic E-state index is 12.5. The van der Waals surface area contributed by atoms with Crippen molar-refractivity contribution in [1.82, 2.24) is 19.7 Å². The Labute approximate surface area is 144 Å². The number of likely N-dealkylation sites (N-methyl/N-ethyl adjacent to an activating group) is 1. The average molecular weight is 351 g/mol. The molecule has 1 amide bonds. The fourth-order valence-electron chi connectivity index (χ4n) is 2.14. The van der Waals surface area contributed by atoms with E-state index in [1.54, 1.807) is 22.9 Å². The molecule has 0 aliphatic rings. The molecule has 8 heteroatoms. The van der Waals surface area contributed by atoms with Crippen LogP contribution in [-0.4, -0.2) is 49.7 Å². The topological polar surface area (TPSA) is 88.3 Å². The molecule has 7 nitrogen and oxygen atoms in total. The Kier molecular flexibility index (Phi) is 5.56. The molecule has 1 aromatic carbocycles. The Morgan fingerprint density at radius 1 is 1.38 bits per heavy atom. The Morgan fingerprint density at radius 2 is 2.04 bits per heavy atom. The van der Waals surface area contributed by atoms with Gasteiger partial charge < -0.3 is 10.0 Å². The first-order chi connectivity index (χ1) is 11.4. The van der Waals surface area contributed by atoms with E-state index in [4.69, 9.17) is 16.7 Å². The zero-order chi connectivity index (χ0) is 17.9. The third-order valence-corrected chi connectivity index (χ3v) is 4.00. The summed E-state index contributed by atoms with van der Waals surface area (Å²) in [7, 11) is 1.41. The van der Waals surface area contributed by atoms with Crippen LogP contribution in [0.4, 0.5) is 0 Å². The van der Waals surface area contributed by atoms with Gasteiger partial charge in [0.25, 0.3) is 5.91 Å². The minimum absolute atomic E-state index is 0.0473. The molecule has 2 rings (SSSR count). The van der Waals surface area contributed by atoms with Gasteiger partial charge in [0.05, 0.1) is 10.7 Å². The highest BCUT2D eigenvalue weighted by molar-refractivity contribution is 6.32. The molecule has 1 aromatic heterocycles. The van der Waals surface area contributed by atoms with E-state index in [9.17, 15) is 9.59 Å². The van der Waals surface area contributed by atoms with Crippen molar-refractivity contribution in [2.75, 3.05) is 7.05 Å². The van der Waals surface area contributed by atoms with Crippen LogP contribution >= 0.6 is 11.6 Å². The second-order valence-electron chi connectivity index (χ2n) is 5.40. The third-order valence-electron chi connectivity index (χ3n) is 3.68. The first-order valence-corrected chi connectivity index (χ1v) is 7.95. The molecule has 0 aliphatic heterocycles. The Morgan fingerprint density at radius 3 is 2.62 bits per heavy atom. The second kappa shape index (κ2) is 7.44. The van der Waals surface area contributed by atoms with Crippen LogP contribution in [0.3, 0.4) is 0 Å². The molecule has 1 atom stereocenters. The van der Waals surface area contributed by atoms with Crippen LogP contribution in [0.2, 0.25) is 5.02 Å². The van der Waals surface area contributed by atoms with Gasteiger partial charge in [0, 0.05) is 13.5 Å². The fraction of sp³-hybridized carbons (Fsp3) is 0.375. The highest BCUT2D eigenvalue weighted by Gasteiger charge is 2.27. The van der Waals surface area contributed by atoms with Gasteiger partial charge in [-0.3, -0.25) is 4.79 Å². The maximum Gasteiger partial charge on any atom is 0.326 e. The molecule has 24 heavy (non-hydrogen) atoms. The highest BCUT2D eigenvalue weighted by atomic mass is 35.5. The predicted molar refractivity (Wildman–Crippen MR) is 89.6 cm³/mol. The summed E-state index contributed by atoms with van der Waals surface area (Å²) < 4.78 is 1.54. The first-order valence-electron chi connectivity index (χ1n) is 7.57. The van der Waals surface area contributed by atoms with Gasteiger partial charge >= 0.3 is 5.97 Å². The lowest BCUT2D eigenvalue weighted by atomic mass is 10.3. The molecule has 0 bridgehead atoms. The normalized spacial score (nSPS) is 12.0. The number of carboxylic acid groups (broad SMARTS) is 1. The monoisotopic (exact) mass is 350 g/mol. The summed E-state index contributed by atoms with van der Waals surface area (Å²) in [6.45, 7) is 3.42. The lowest BCUT2D eigenvalue weighted by molar-refractivity contribution is -0.141. The molecular weight excluding hydrogens is 332 g/mol. The van der Waals surface area contributed by atoms with E-state index in [0.29, 0.717) is 23.0 Å². The number of carbonyl (C=O) groups is 2. The van der Waals surface area contributed by atoms with Crippen molar-refractivity contribution >= 4 is 23.5 Å². The van der Waals surface area contributed by atoms with Gasteiger partial charge in [0.15, 0.2) is 0 Å². The van der Waals surface area contributed by atoms with Gasteiger partial charge in [-0.05, 0) is 25.5 Å². The van der Waals surface area contributed by atoms with E-state index in [0.717, 1.165) is 11.3 Å². The van der Waals surface area contributed by atoms with Crippen molar-refractivity contribution in [3.05, 3.63) is 40.9 Å². The summed E-state index contributed by atoms with van der Waals surface area (Å²) >= 11 is 6.21. The molecule has 1 heterocycles. The highest BCUT2D eigenvalue weighted by Crippen LogP contribution is 2.21. The second-order valence-corrected chi connectivity index (χ2v) is 5.80. The number of aromatic nitrogens is 3. The number of halogens is 1. The Hall–Kier alpha value is -2.41. The van der Waals surface area contributed by atoms with E-state index in [2.05, 4.69) is 10.1 Å². The van der Waals surface area contributed by atoms with Crippen molar-refractivity contribution in [2.24, 2.45) is 0 Å². The van der Waals surface area contributed by atoms with E-state index >= 15 is 0 Å². The molecule has 2 aromatic rings. The van der Waals surface area contributed by atoms with E-state index in [1.165, 1.54) is 14.0 Å². The minimum atomic E-state index is -1.09. The molecule has 128 valence electrons. The fourth-order valence-corrected chi connectivity index (χ4v) is 2.35. The maximum absolute atomic E-state index is 12.5. The van der Waals surface area contributed by atoms with Crippen molar-refractivity contribution < 1.29 is 14.7 Å². The first kappa shape index (κ1) is 17.9. The van der Waals surface area contributed by atoms with Gasteiger partial charge in [-0.1, -0.05) is 30.7 Å². The molecule has 0 saturated carbocycles. The number of aliphatic carboxylic acids is 1. The number of carbonyl (C=O) groups excluding carboxylic acids is 1. The van der Waals surface area contributed by atoms with Gasteiger partial charge in [-0.2, -0.15) is 0 Å². The summed E-state index contributed by atoms with van der Waals surface area (Å²) in [6, 6.07) is 6.16. The molecule has 1 N–H and O–H groups in total. The number of carboxylic acids is 1. The summed E-state index contributed by atoms with van der Waals surface area (Å²) in [5.41, 5.74) is 0.628. The number of rotatable bonds is 6. The SMILES string of the molecule is CCCc1nc(C(=O)N(C)C(C)C(=O)O)nn1-c1ccccc1Cl. The van der Waals surface area contributed by atoms with Crippen molar-refractivity contribution in [3.63, 3.8) is 0 Å². The minimum Gasteiger partial charge on any atom is -0.480 e. The number of benzene rings is 1. The zero-order valence-electron chi connectivity index (χ0n) is 13.7. The van der Waals surface area contributed by atoms with Crippen LogP contribution in [0.15, 0.2) is 24.3 Å². The predicted octanol–water partition coefficient (Wildman–Crippen LogP) is 2.42. The van der Waals surface area contributed by atoms with Crippen molar-refractivity contribution in [1.29, 1.82) is 0 Å². The van der Waals surface area contributed by atoms with Crippen LogP contribution in [0, 0.1) is 0 Å². The number of hydrogen-bond donors (Lipinski definition) is 1. The summed E-state index contributed by atoms with van der Waals surface area (Å²) in [5.74, 6) is -1.09. The summed E-state index contributed by atoms with van der Waals surface area (Å²) in [4.78, 5) is 28.9. The summed E-state index contributed by atoms with van der Waals surface area (Å²) in [6.07, 6.45) is 1.43. The Balaban J connectivity index is 2.43. The molecule has 0 fully saturated rings. The average Bonchev–Trinajstić information content (AvgIpc) is 2.97. The van der Waals surface area contributed by atoms with Gasteiger partial charge in [0.1, 0.15) is 11.9 Å². The van der Waals surface area contributed by atoms with E-state index in [-0.39, 0.29) is 5.82 Å². The molecule has 0 saturated heterocycles. The molecule has 0 aliphatic carbocycles. The van der Waals surface area contributed by atoms with Crippen molar-refractivity contribution in [2.45, 2.75) is 32.7 Å². The molecular formula is C16H19ClN4O3. The lowest BCUT2D eigenvalue weighted by Crippen LogP contribution is -2.40. The number of nitrogens with zero attached hydrogens (tertiary/aromatic N) is 4. The molecule has 1 unspecified atom stereocenters. The van der Waals surface area contributed by atoms with Crippen LogP contribution in [0.25, 0.3) is 5.69 Å². The lowest BCUT2D eigenvalue weighted by Gasteiger charge is -2.19. The van der Waals surface area contributed by atoms with Crippen LogP contribution in [0.1, 0.15) is 36.7 Å². The number of para-hydroxylation sites is 1.